The Labute approximate surface area is 748 Å². The summed E-state index contributed by atoms with van der Waals surface area (Å²) in [6, 6.07) is 171. The fourth-order valence-electron chi connectivity index (χ4n) is 20.1. The maximum Gasteiger partial charge on any atom is 0.235 e. The Kier molecular flexibility index (Phi) is 18.1. The van der Waals surface area contributed by atoms with E-state index >= 15 is 0 Å². The molecule has 8 heteroatoms. The summed E-state index contributed by atoms with van der Waals surface area (Å²) in [5.41, 5.74) is 33.2. The molecule has 0 saturated carbocycles. The third-order valence-corrected chi connectivity index (χ3v) is 26.0. The molecule has 0 atom stereocenters. The lowest BCUT2D eigenvalue weighted by Gasteiger charge is -2.14. The van der Waals surface area contributed by atoms with E-state index in [1.807, 2.05) is 18.2 Å². The summed E-state index contributed by atoms with van der Waals surface area (Å²) in [4.78, 5) is 10.4. The molecule has 0 fully saturated rings. The molecule has 7 aromatic heterocycles. The highest BCUT2D eigenvalue weighted by Gasteiger charge is 2.24. The van der Waals surface area contributed by atoms with Crippen LogP contribution in [0.3, 0.4) is 0 Å². The SMILES string of the molecule is c1ccc(-c2cc(-c3ccccc3)cc(-n3c4ccccc4c4c5oc6ccccc6c5ccc43)c2)cc1.c1ccc(-c2cccc(-n3c4ccccc4c4cc(-c5ccc6c(c5)c5ccccc5n6-c5nc(-c6ccccc6)c6ccccc6n5)ccc43)c2)cc1.c1ccc(-n2c3ccccc3c3cc(-c4ccc5c(c4)c4ccccc4n5-c4ccccc4)ccc32)cc1. The van der Waals surface area contributed by atoms with E-state index in [0.29, 0.717) is 5.95 Å². The van der Waals surface area contributed by atoms with Crippen molar-refractivity contribution in [1.82, 2.24) is 32.8 Å². The van der Waals surface area contributed by atoms with Crippen LogP contribution in [0, 0.1) is 0 Å². The fraction of sp³-hybridized carbons (Fsp3) is 0. The number of rotatable bonds is 11. The molecule has 0 aliphatic rings. The number of para-hydroxylation sites is 9. The van der Waals surface area contributed by atoms with Crippen LogP contribution in [0.2, 0.25) is 0 Å². The Bertz CT molecular complexity index is 8880. The van der Waals surface area contributed by atoms with Crippen LogP contribution in [-0.2, 0) is 0 Å². The van der Waals surface area contributed by atoms with E-state index in [1.165, 1.54) is 154 Å². The largest absolute Gasteiger partial charge is 0.455 e. The Balaban J connectivity index is 0.000000108. The minimum Gasteiger partial charge on any atom is -0.455 e. The molecule has 8 nitrogen and oxygen atoms in total. The predicted molar refractivity (Wildman–Crippen MR) is 544 cm³/mol. The highest BCUT2D eigenvalue weighted by molar-refractivity contribution is 6.24. The molecule has 0 radical (unpaired) electrons. The molecule has 0 unspecified atom stereocenters. The van der Waals surface area contributed by atoms with Crippen molar-refractivity contribution >= 4 is 142 Å². The molecule has 0 bridgehead atoms. The van der Waals surface area contributed by atoms with Gasteiger partial charge in [-0.2, -0.15) is 0 Å². The van der Waals surface area contributed by atoms with Gasteiger partial charge in [0.2, 0.25) is 5.95 Å². The van der Waals surface area contributed by atoms with Crippen LogP contribution in [0.1, 0.15) is 0 Å². The smallest absolute Gasteiger partial charge is 0.235 e. The van der Waals surface area contributed by atoms with Crippen molar-refractivity contribution in [3.8, 4) is 95.6 Å². The molecule has 130 heavy (non-hydrogen) atoms. The topological polar surface area (TPSA) is 63.6 Å². The van der Waals surface area contributed by atoms with Crippen LogP contribution >= 0.6 is 0 Å². The molecule has 0 amide bonds. The zero-order valence-corrected chi connectivity index (χ0v) is 70.6. The predicted octanol–water partition coefficient (Wildman–Crippen LogP) is 32.4. The van der Waals surface area contributed by atoms with Crippen LogP contribution in [0.15, 0.2) is 484 Å². The lowest BCUT2D eigenvalue weighted by Crippen LogP contribution is -2.03. The van der Waals surface area contributed by atoms with Gasteiger partial charge in [0.25, 0.3) is 0 Å². The summed E-state index contributed by atoms with van der Waals surface area (Å²) >= 11 is 0. The van der Waals surface area contributed by atoms with Gasteiger partial charge >= 0.3 is 0 Å². The second-order valence-electron chi connectivity index (χ2n) is 33.5. The number of aromatic nitrogens is 7. The quantitative estimate of drug-likeness (QED) is 0.130. The van der Waals surface area contributed by atoms with Crippen LogP contribution in [0.25, 0.3) is 237 Å². The molecule has 0 aliphatic heterocycles. The van der Waals surface area contributed by atoms with Crippen molar-refractivity contribution in [3.63, 3.8) is 0 Å². The van der Waals surface area contributed by atoms with Gasteiger partial charge < -0.3 is 22.7 Å². The molecule has 0 saturated heterocycles. The first-order valence-corrected chi connectivity index (χ1v) is 44.3. The highest BCUT2D eigenvalue weighted by atomic mass is 16.3. The van der Waals surface area contributed by atoms with E-state index in [4.69, 9.17) is 14.4 Å². The van der Waals surface area contributed by atoms with Crippen molar-refractivity contribution in [1.29, 1.82) is 0 Å². The summed E-state index contributed by atoms with van der Waals surface area (Å²) in [6.07, 6.45) is 0. The van der Waals surface area contributed by atoms with Gasteiger partial charge in [-0.1, -0.05) is 322 Å². The Morgan fingerprint density at radius 2 is 0.477 bits per heavy atom. The second-order valence-corrected chi connectivity index (χ2v) is 33.5. The van der Waals surface area contributed by atoms with Crippen molar-refractivity contribution in [2.45, 2.75) is 0 Å². The number of hydrogen-bond donors (Lipinski definition) is 0. The van der Waals surface area contributed by atoms with Gasteiger partial charge in [-0.25, -0.2) is 9.97 Å². The van der Waals surface area contributed by atoms with Crippen molar-refractivity contribution in [3.05, 3.63) is 479 Å². The molecule has 27 aromatic rings. The fourth-order valence-corrected chi connectivity index (χ4v) is 20.1. The minimum absolute atomic E-state index is 0.664. The van der Waals surface area contributed by atoms with Crippen LogP contribution in [0.4, 0.5) is 0 Å². The number of fused-ring (bicyclic) bond motifs is 20. The summed E-state index contributed by atoms with van der Waals surface area (Å²) in [5.74, 6) is 0.664. The second kappa shape index (κ2) is 31.3. The van der Waals surface area contributed by atoms with Gasteiger partial charge in [0.15, 0.2) is 0 Å². The summed E-state index contributed by atoms with van der Waals surface area (Å²) in [6.45, 7) is 0. The molecule has 608 valence electrons. The van der Waals surface area contributed by atoms with E-state index in [1.54, 1.807) is 0 Å². The molecule has 27 rings (SSSR count). The minimum atomic E-state index is 0.664. The lowest BCUT2D eigenvalue weighted by atomic mass is 9.98. The van der Waals surface area contributed by atoms with E-state index in [-0.39, 0.29) is 0 Å². The van der Waals surface area contributed by atoms with Crippen LogP contribution in [-0.4, -0.2) is 32.8 Å². The molecule has 0 spiro atoms. The van der Waals surface area contributed by atoms with E-state index < -0.39 is 0 Å². The van der Waals surface area contributed by atoms with E-state index in [9.17, 15) is 0 Å². The summed E-state index contributed by atoms with van der Waals surface area (Å²) in [7, 11) is 0. The maximum atomic E-state index is 6.50. The van der Waals surface area contributed by atoms with Crippen molar-refractivity contribution < 1.29 is 4.42 Å². The molecular weight excluding hydrogens is 1580 g/mol. The number of hydrogen-bond acceptors (Lipinski definition) is 3. The summed E-state index contributed by atoms with van der Waals surface area (Å²) < 4.78 is 18.2. The molecular formula is C122H79N7O. The van der Waals surface area contributed by atoms with Gasteiger partial charge in [-0.15, -0.1) is 0 Å². The van der Waals surface area contributed by atoms with Crippen LogP contribution < -0.4 is 0 Å². The number of furan rings is 1. The monoisotopic (exact) mass is 1660 g/mol. The van der Waals surface area contributed by atoms with E-state index in [2.05, 4.69) is 484 Å². The van der Waals surface area contributed by atoms with Gasteiger partial charge in [0.05, 0.1) is 71.8 Å². The summed E-state index contributed by atoms with van der Waals surface area (Å²) in [5, 5.41) is 15.6. The Hall–Kier alpha value is -17.5. The first-order chi connectivity index (χ1) is 64.5. The Morgan fingerprint density at radius 3 is 0.954 bits per heavy atom. The van der Waals surface area contributed by atoms with Crippen molar-refractivity contribution in [2.24, 2.45) is 0 Å². The number of nitrogens with zero attached hydrogens (tertiary/aromatic N) is 7. The van der Waals surface area contributed by atoms with Crippen molar-refractivity contribution in [2.75, 3.05) is 0 Å². The highest BCUT2D eigenvalue weighted by Crippen LogP contribution is 2.46. The van der Waals surface area contributed by atoms with Crippen LogP contribution in [0.5, 0.6) is 0 Å². The molecule has 0 aliphatic carbocycles. The molecule has 20 aromatic carbocycles. The standard InChI is InChI=1S/C50H32N4.C36H24N2.C36H23NO/c1-3-14-33(15-4-1)35-18-13-19-38(30-35)53-45-24-11-8-20-39(45)42-31-36(26-28-47(42)53)37-27-29-48-43(32-37)40-21-9-12-25-46(40)54(48)50-51-44-23-10-7-22-41(44)49(52-50)34-16-5-2-6-17-34;1-3-11-27(12-4-1)37-33-17-9-7-15-29(33)31-23-25(19-21-35(31)37)26-20-22-36-32(24-26)30-16-8-10-18-34(30)38(36)28-13-5-2-6-14-28;1-3-11-24(12-4-1)26-21-27(25-13-5-2-6-14-25)23-28(22-26)37-32-17-9-7-16-31(32)35-33(37)20-19-30-29-15-8-10-18-34(29)38-36(30)35/h1-32H;1-24H;1-23H. The maximum absolute atomic E-state index is 6.50. The van der Waals surface area contributed by atoms with Gasteiger partial charge in [0, 0.05) is 92.9 Å². The normalized spacial score (nSPS) is 11.7. The molecule has 0 N–H and O–H groups in total. The number of benzene rings is 20. The average molecular weight is 1660 g/mol. The third-order valence-electron chi connectivity index (χ3n) is 26.0. The third kappa shape index (κ3) is 12.7. The first-order valence-electron chi connectivity index (χ1n) is 44.3. The Morgan fingerprint density at radius 1 is 0.162 bits per heavy atom. The lowest BCUT2D eigenvalue weighted by molar-refractivity contribution is 0.673. The molecule has 7 heterocycles. The zero-order valence-electron chi connectivity index (χ0n) is 70.6. The average Bonchev–Trinajstić information content (AvgIpc) is 1.57. The van der Waals surface area contributed by atoms with Gasteiger partial charge in [-0.05, 0) is 213 Å². The first kappa shape index (κ1) is 75.1. The zero-order chi connectivity index (χ0) is 85.7. The van der Waals surface area contributed by atoms with Gasteiger partial charge in [0.1, 0.15) is 11.2 Å². The van der Waals surface area contributed by atoms with E-state index in [0.717, 1.165) is 77.4 Å². The van der Waals surface area contributed by atoms with Gasteiger partial charge in [-0.3, -0.25) is 4.57 Å².